The average molecular weight is 337 g/mol. The Balaban J connectivity index is 1.80. The van der Waals surface area contributed by atoms with Gasteiger partial charge >= 0.3 is 0 Å². The maximum atomic E-state index is 12.1. The molecule has 1 amide bonds. The van der Waals surface area contributed by atoms with Gasteiger partial charge in [0.2, 0.25) is 0 Å². The summed E-state index contributed by atoms with van der Waals surface area (Å²) >= 11 is 0. The summed E-state index contributed by atoms with van der Waals surface area (Å²) in [6.45, 7) is 0.493. The third-order valence-electron chi connectivity index (χ3n) is 3.72. The molecule has 0 aliphatic rings. The summed E-state index contributed by atoms with van der Waals surface area (Å²) in [5.74, 6) is 1.09. The fourth-order valence-electron chi connectivity index (χ4n) is 2.36. The van der Waals surface area contributed by atoms with E-state index in [1.807, 2.05) is 42.5 Å². The van der Waals surface area contributed by atoms with Crippen LogP contribution in [0.2, 0.25) is 0 Å². The standard InChI is InChI=1S/C18H19N5O2/c1-21-18(20)23-17(24)16-8-12-4-7-14(9-15(12)22-16)25-13-5-2-11(10-19)3-6-13/h2-9,22H,10,19H2,1H3,(H3,20,21,23,24). The van der Waals surface area contributed by atoms with Gasteiger partial charge < -0.3 is 21.2 Å². The molecule has 1 aromatic heterocycles. The number of carbonyl (C=O) groups excluding carboxylic acids is 1. The highest BCUT2D eigenvalue weighted by Gasteiger charge is 2.11. The van der Waals surface area contributed by atoms with Crippen LogP contribution in [0.1, 0.15) is 16.1 Å². The molecule has 1 heterocycles. The van der Waals surface area contributed by atoms with Crippen LogP contribution in [0.3, 0.4) is 0 Å². The van der Waals surface area contributed by atoms with Crippen molar-refractivity contribution >= 4 is 22.8 Å². The predicted octanol–water partition coefficient (Wildman–Crippen LogP) is 2.09. The second-order valence-corrected chi connectivity index (χ2v) is 5.45. The molecule has 0 saturated carbocycles. The molecule has 0 fully saturated rings. The van der Waals surface area contributed by atoms with Crippen LogP contribution < -0.4 is 21.5 Å². The van der Waals surface area contributed by atoms with Crippen LogP contribution in [-0.4, -0.2) is 23.9 Å². The molecule has 2 aromatic carbocycles. The normalized spacial score (nSPS) is 11.5. The quantitative estimate of drug-likeness (QED) is 0.430. The first kappa shape index (κ1) is 16.5. The lowest BCUT2D eigenvalue weighted by molar-refractivity contribution is 0.0972. The molecule has 25 heavy (non-hydrogen) atoms. The van der Waals surface area contributed by atoms with Gasteiger partial charge in [-0.15, -0.1) is 0 Å². The Morgan fingerprint density at radius 1 is 1.16 bits per heavy atom. The number of benzene rings is 2. The molecule has 0 aliphatic heterocycles. The second-order valence-electron chi connectivity index (χ2n) is 5.45. The summed E-state index contributed by atoms with van der Waals surface area (Å²) in [4.78, 5) is 18.8. The van der Waals surface area contributed by atoms with Crippen LogP contribution >= 0.6 is 0 Å². The van der Waals surface area contributed by atoms with Crippen LogP contribution in [0.25, 0.3) is 10.9 Å². The van der Waals surface area contributed by atoms with Crippen molar-refractivity contribution in [2.24, 2.45) is 16.5 Å². The highest BCUT2D eigenvalue weighted by atomic mass is 16.5. The fourth-order valence-corrected chi connectivity index (χ4v) is 2.36. The summed E-state index contributed by atoms with van der Waals surface area (Å²) in [6, 6.07) is 14.9. The van der Waals surface area contributed by atoms with Gasteiger partial charge in [0.15, 0.2) is 5.96 Å². The molecule has 7 heteroatoms. The van der Waals surface area contributed by atoms with Gasteiger partial charge in [-0.2, -0.15) is 0 Å². The number of nitrogens with zero attached hydrogens (tertiary/aromatic N) is 1. The monoisotopic (exact) mass is 337 g/mol. The lowest BCUT2D eigenvalue weighted by Crippen LogP contribution is -2.36. The van der Waals surface area contributed by atoms with Gasteiger partial charge in [0.1, 0.15) is 17.2 Å². The minimum absolute atomic E-state index is 0.0635. The van der Waals surface area contributed by atoms with E-state index in [9.17, 15) is 4.79 Å². The number of fused-ring (bicyclic) bond motifs is 1. The third kappa shape index (κ3) is 3.78. The van der Waals surface area contributed by atoms with Crippen molar-refractivity contribution in [3.63, 3.8) is 0 Å². The van der Waals surface area contributed by atoms with Crippen molar-refractivity contribution in [2.45, 2.75) is 6.54 Å². The number of hydrogen-bond acceptors (Lipinski definition) is 4. The Morgan fingerprint density at radius 3 is 2.56 bits per heavy atom. The Kier molecular flexibility index (Phi) is 4.67. The maximum absolute atomic E-state index is 12.1. The van der Waals surface area contributed by atoms with Crippen LogP contribution in [0.15, 0.2) is 53.5 Å². The first-order valence-corrected chi connectivity index (χ1v) is 7.72. The maximum Gasteiger partial charge on any atom is 0.274 e. The predicted molar refractivity (Wildman–Crippen MR) is 97.7 cm³/mol. The Morgan fingerprint density at radius 2 is 1.88 bits per heavy atom. The van der Waals surface area contributed by atoms with E-state index in [2.05, 4.69) is 15.3 Å². The van der Waals surface area contributed by atoms with Crippen LogP contribution in [0.5, 0.6) is 11.5 Å². The van der Waals surface area contributed by atoms with E-state index < -0.39 is 0 Å². The van der Waals surface area contributed by atoms with E-state index in [1.54, 1.807) is 6.07 Å². The average Bonchev–Trinajstić information content (AvgIpc) is 3.05. The Labute approximate surface area is 144 Å². The Hall–Kier alpha value is -3.32. The molecule has 0 bridgehead atoms. The van der Waals surface area contributed by atoms with Crippen molar-refractivity contribution in [3.05, 3.63) is 59.8 Å². The van der Waals surface area contributed by atoms with Gasteiger partial charge in [0, 0.05) is 30.6 Å². The van der Waals surface area contributed by atoms with Gasteiger partial charge in [-0.05, 0) is 35.9 Å². The molecule has 6 N–H and O–H groups in total. The summed E-state index contributed by atoms with van der Waals surface area (Å²) in [7, 11) is 1.50. The number of rotatable bonds is 4. The zero-order valence-corrected chi connectivity index (χ0v) is 13.7. The minimum Gasteiger partial charge on any atom is -0.457 e. The Bertz CT molecular complexity index is 928. The lowest BCUT2D eigenvalue weighted by Gasteiger charge is -2.06. The molecular formula is C18H19N5O2. The van der Waals surface area contributed by atoms with Gasteiger partial charge in [-0.1, -0.05) is 12.1 Å². The molecule has 0 atom stereocenters. The van der Waals surface area contributed by atoms with Crippen LogP contribution in [-0.2, 0) is 6.54 Å². The van der Waals surface area contributed by atoms with Crippen molar-refractivity contribution in [1.29, 1.82) is 0 Å². The smallest absolute Gasteiger partial charge is 0.274 e. The number of ether oxygens (including phenoxy) is 1. The molecule has 0 saturated heterocycles. The number of carbonyl (C=O) groups is 1. The number of guanidine groups is 1. The van der Waals surface area contributed by atoms with E-state index in [-0.39, 0.29) is 11.9 Å². The van der Waals surface area contributed by atoms with Gasteiger partial charge in [0.25, 0.3) is 5.91 Å². The highest BCUT2D eigenvalue weighted by molar-refractivity contribution is 6.06. The number of aliphatic imine (C=N–C) groups is 1. The molecule has 3 rings (SSSR count). The second kappa shape index (κ2) is 7.06. The zero-order chi connectivity index (χ0) is 17.8. The van der Waals surface area contributed by atoms with E-state index >= 15 is 0 Å². The molecule has 7 nitrogen and oxygen atoms in total. The molecule has 0 unspecified atom stereocenters. The van der Waals surface area contributed by atoms with E-state index in [0.29, 0.717) is 23.7 Å². The van der Waals surface area contributed by atoms with Gasteiger partial charge in [-0.25, -0.2) is 0 Å². The van der Waals surface area contributed by atoms with E-state index in [4.69, 9.17) is 16.2 Å². The SMILES string of the molecule is CN=C(N)NC(=O)c1cc2ccc(Oc3ccc(CN)cc3)cc2[nH]1. The van der Waals surface area contributed by atoms with Crippen LogP contribution in [0, 0.1) is 0 Å². The fraction of sp³-hybridized carbons (Fsp3) is 0.111. The van der Waals surface area contributed by atoms with Crippen molar-refractivity contribution < 1.29 is 9.53 Å². The first-order valence-electron chi connectivity index (χ1n) is 7.72. The zero-order valence-electron chi connectivity index (χ0n) is 13.7. The number of nitrogens with one attached hydrogen (secondary N) is 2. The van der Waals surface area contributed by atoms with Crippen molar-refractivity contribution in [2.75, 3.05) is 7.05 Å². The molecule has 128 valence electrons. The molecule has 0 spiro atoms. The van der Waals surface area contributed by atoms with Crippen LogP contribution in [0.4, 0.5) is 0 Å². The summed E-state index contributed by atoms with van der Waals surface area (Å²) in [5.41, 5.74) is 13.3. The van der Waals surface area contributed by atoms with E-state index in [1.165, 1.54) is 7.05 Å². The summed E-state index contributed by atoms with van der Waals surface area (Å²) in [5, 5.41) is 3.38. The number of aromatic amines is 1. The number of amides is 1. The van der Waals surface area contributed by atoms with Gasteiger partial charge in [0.05, 0.1) is 0 Å². The number of H-pyrrole nitrogens is 1. The number of hydrogen-bond donors (Lipinski definition) is 4. The number of aromatic nitrogens is 1. The van der Waals surface area contributed by atoms with Crippen molar-refractivity contribution in [3.8, 4) is 11.5 Å². The summed E-state index contributed by atoms with van der Waals surface area (Å²) in [6.07, 6.45) is 0. The van der Waals surface area contributed by atoms with Crippen molar-refractivity contribution in [1.82, 2.24) is 10.3 Å². The minimum atomic E-state index is -0.348. The highest BCUT2D eigenvalue weighted by Crippen LogP contribution is 2.26. The van der Waals surface area contributed by atoms with E-state index in [0.717, 1.165) is 16.5 Å². The van der Waals surface area contributed by atoms with Gasteiger partial charge in [-0.3, -0.25) is 15.1 Å². The topological polar surface area (TPSA) is 119 Å². The molecular weight excluding hydrogens is 318 g/mol. The molecule has 0 aliphatic carbocycles. The molecule has 0 radical (unpaired) electrons. The summed E-state index contributed by atoms with van der Waals surface area (Å²) < 4.78 is 5.84. The lowest BCUT2D eigenvalue weighted by atomic mass is 10.2. The number of nitrogens with two attached hydrogens (primary N) is 2. The molecule has 3 aromatic rings. The first-order chi connectivity index (χ1) is 12.1. The largest absolute Gasteiger partial charge is 0.457 e. The third-order valence-corrected chi connectivity index (χ3v) is 3.72.